The van der Waals surface area contributed by atoms with Gasteiger partial charge in [0.2, 0.25) is 0 Å². The summed E-state index contributed by atoms with van der Waals surface area (Å²) in [4.78, 5) is 2.23. The Kier molecular flexibility index (Phi) is 2.25. The smallest absolute Gasteiger partial charge is 0.156 e. The van der Waals surface area contributed by atoms with E-state index in [4.69, 9.17) is 0 Å². The van der Waals surface area contributed by atoms with Crippen molar-refractivity contribution in [3.63, 3.8) is 0 Å². The second-order valence-corrected chi connectivity index (χ2v) is 2.96. The van der Waals surface area contributed by atoms with Crippen LogP contribution in [0, 0.1) is 0 Å². The van der Waals surface area contributed by atoms with Gasteiger partial charge in [-0.1, -0.05) is 23.8 Å². The molecule has 0 aromatic rings. The third-order valence-electron chi connectivity index (χ3n) is 1.73. The molecule has 0 aromatic carbocycles. The summed E-state index contributed by atoms with van der Waals surface area (Å²) >= 11 is 0. The van der Waals surface area contributed by atoms with Crippen LogP contribution in [-0.4, -0.2) is 33.6 Å². The van der Waals surface area contributed by atoms with E-state index >= 15 is 0 Å². The normalized spacial score (nSPS) is 18.0. The van der Waals surface area contributed by atoms with Gasteiger partial charge in [0.15, 0.2) is 7.28 Å². The van der Waals surface area contributed by atoms with Crippen LogP contribution in [0.2, 0.25) is 6.82 Å². The molecule has 1 heterocycles. The fourth-order valence-electron chi connectivity index (χ4n) is 1.31. The van der Waals surface area contributed by atoms with E-state index in [1.54, 1.807) is 0 Å². The number of allylic oxidation sites excluding steroid dienone is 2. The Morgan fingerprint density at radius 2 is 2.40 bits per heavy atom. The van der Waals surface area contributed by atoms with E-state index in [0.29, 0.717) is 0 Å². The van der Waals surface area contributed by atoms with Crippen molar-refractivity contribution in [1.82, 2.24) is 4.90 Å². The van der Waals surface area contributed by atoms with Crippen LogP contribution in [-0.2, 0) is 0 Å². The van der Waals surface area contributed by atoms with E-state index in [-0.39, 0.29) is 0 Å². The zero-order valence-corrected chi connectivity index (χ0v) is 7.02. The highest BCUT2D eigenvalue weighted by molar-refractivity contribution is 6.45. The van der Waals surface area contributed by atoms with Crippen LogP contribution in [0.25, 0.3) is 0 Å². The minimum atomic E-state index is 1.09. The standard InChI is InChI=1S/C7H13B2N/c1-9-7-3-6(8)4-10(2)5-7/h3,5,9H,4,8H2,1-2H3. The van der Waals surface area contributed by atoms with E-state index in [1.807, 2.05) is 0 Å². The zero-order valence-electron chi connectivity index (χ0n) is 7.02. The van der Waals surface area contributed by atoms with E-state index in [2.05, 4.69) is 38.9 Å². The lowest BCUT2D eigenvalue weighted by Gasteiger charge is -2.20. The van der Waals surface area contributed by atoms with Gasteiger partial charge in [-0.05, 0) is 6.20 Å². The van der Waals surface area contributed by atoms with Crippen molar-refractivity contribution in [2.45, 2.75) is 6.82 Å². The summed E-state index contributed by atoms with van der Waals surface area (Å²) in [7, 11) is 5.44. The molecule has 0 aliphatic carbocycles. The maximum atomic E-state index is 2.28. The molecule has 3 heteroatoms. The molecule has 52 valence electrons. The third kappa shape index (κ3) is 1.69. The van der Waals surface area contributed by atoms with Gasteiger partial charge in [-0.2, -0.15) is 0 Å². The summed E-state index contributed by atoms with van der Waals surface area (Å²) in [5, 5.41) is 0. The fraction of sp³-hybridized carbons (Fsp3) is 0.429. The first-order valence-electron chi connectivity index (χ1n) is 3.80. The van der Waals surface area contributed by atoms with Gasteiger partial charge < -0.3 is 4.90 Å². The summed E-state index contributed by atoms with van der Waals surface area (Å²) in [6.45, 7) is 3.28. The van der Waals surface area contributed by atoms with Crippen LogP contribution in [0.1, 0.15) is 0 Å². The van der Waals surface area contributed by atoms with Crippen LogP contribution < -0.4 is 0 Å². The van der Waals surface area contributed by atoms with Gasteiger partial charge in [-0.3, -0.25) is 0 Å². The van der Waals surface area contributed by atoms with Gasteiger partial charge >= 0.3 is 0 Å². The molecule has 0 radical (unpaired) electrons. The second-order valence-electron chi connectivity index (χ2n) is 2.96. The molecule has 1 nitrogen and oxygen atoms in total. The summed E-state index contributed by atoms with van der Waals surface area (Å²) < 4.78 is 0. The molecule has 0 atom stereocenters. The fourth-order valence-corrected chi connectivity index (χ4v) is 1.31. The number of hydrogen-bond acceptors (Lipinski definition) is 1. The van der Waals surface area contributed by atoms with Gasteiger partial charge in [0.05, 0.1) is 0 Å². The predicted molar refractivity (Wildman–Crippen MR) is 50.4 cm³/mol. The Hall–Kier alpha value is -0.590. The van der Waals surface area contributed by atoms with Crippen molar-refractivity contribution in [2.75, 3.05) is 13.6 Å². The van der Waals surface area contributed by atoms with Gasteiger partial charge in [-0.25, -0.2) is 0 Å². The van der Waals surface area contributed by atoms with E-state index < -0.39 is 0 Å². The van der Waals surface area contributed by atoms with E-state index in [9.17, 15) is 0 Å². The number of likely N-dealkylation sites (N-methyl/N-ethyl adjacent to an activating group) is 1. The lowest BCUT2D eigenvalue weighted by molar-refractivity contribution is 0.498. The van der Waals surface area contributed by atoms with Crippen molar-refractivity contribution < 1.29 is 0 Å². The van der Waals surface area contributed by atoms with Crippen LogP contribution in [0.3, 0.4) is 0 Å². The first-order chi connectivity index (χ1) is 4.72. The SMILES string of the molecule is BC1=CC(BC)=CN(C)C1. The summed E-state index contributed by atoms with van der Waals surface area (Å²) in [6, 6.07) is 0. The topological polar surface area (TPSA) is 3.24 Å². The molecular weight excluding hydrogens is 120 g/mol. The molecule has 0 aromatic heterocycles. The Bertz CT molecular complexity index is 184. The first-order valence-corrected chi connectivity index (χ1v) is 3.80. The molecule has 1 aliphatic rings. The molecule has 0 saturated carbocycles. The monoisotopic (exact) mass is 133 g/mol. The van der Waals surface area contributed by atoms with Crippen LogP contribution in [0.4, 0.5) is 0 Å². The van der Waals surface area contributed by atoms with Crippen molar-refractivity contribution in [2.24, 2.45) is 0 Å². The van der Waals surface area contributed by atoms with Gasteiger partial charge in [0.25, 0.3) is 0 Å². The molecule has 0 bridgehead atoms. The number of rotatable bonds is 1. The predicted octanol–water partition coefficient (Wildman–Crippen LogP) is -0.225. The highest BCUT2D eigenvalue weighted by Gasteiger charge is 2.02. The largest absolute Gasteiger partial charge is 0.378 e. The van der Waals surface area contributed by atoms with Crippen molar-refractivity contribution in [3.8, 4) is 0 Å². The maximum absolute atomic E-state index is 2.28. The third-order valence-corrected chi connectivity index (χ3v) is 1.73. The highest BCUT2D eigenvalue weighted by Crippen LogP contribution is 2.07. The van der Waals surface area contributed by atoms with Gasteiger partial charge in [0.1, 0.15) is 7.85 Å². The molecule has 0 unspecified atom stereocenters. The van der Waals surface area contributed by atoms with E-state index in [0.717, 1.165) is 13.8 Å². The van der Waals surface area contributed by atoms with Gasteiger partial charge in [-0.15, -0.1) is 0 Å². The summed E-state index contributed by atoms with van der Waals surface area (Å²) in [5.41, 5.74) is 2.90. The summed E-state index contributed by atoms with van der Waals surface area (Å²) in [5.74, 6) is 0. The Labute approximate surface area is 64.4 Å². The molecule has 10 heavy (non-hydrogen) atoms. The molecule has 0 N–H and O–H groups in total. The minimum Gasteiger partial charge on any atom is -0.378 e. The van der Waals surface area contributed by atoms with Gasteiger partial charge in [0, 0.05) is 13.6 Å². The quantitative estimate of drug-likeness (QED) is 0.446. The molecular formula is C7H13B2N. The lowest BCUT2D eigenvalue weighted by Crippen LogP contribution is -2.19. The molecule has 0 amide bonds. The molecule has 0 saturated heterocycles. The summed E-state index contributed by atoms with van der Waals surface area (Å²) in [6.07, 6.45) is 4.49. The maximum Gasteiger partial charge on any atom is 0.156 e. The van der Waals surface area contributed by atoms with Crippen LogP contribution in [0.15, 0.2) is 23.2 Å². The van der Waals surface area contributed by atoms with Crippen molar-refractivity contribution in [1.29, 1.82) is 0 Å². The molecule has 1 aliphatic heterocycles. The number of hydrogen-bond donors (Lipinski definition) is 0. The molecule has 0 spiro atoms. The molecule has 0 fully saturated rings. The Balaban J connectivity index is 2.72. The minimum absolute atomic E-state index is 1.09. The average molecular weight is 133 g/mol. The van der Waals surface area contributed by atoms with Crippen molar-refractivity contribution in [3.05, 3.63) is 23.2 Å². The lowest BCUT2D eigenvalue weighted by atomic mass is 9.70. The first kappa shape index (κ1) is 7.52. The molecule has 1 rings (SSSR count). The Morgan fingerprint density at radius 1 is 1.70 bits per heavy atom. The second kappa shape index (κ2) is 3.00. The average Bonchev–Trinajstić information content (AvgIpc) is 1.85. The number of nitrogens with zero attached hydrogens (tertiary/aromatic N) is 1. The van der Waals surface area contributed by atoms with Crippen LogP contribution >= 0.6 is 0 Å². The highest BCUT2D eigenvalue weighted by atomic mass is 15.1. The zero-order chi connectivity index (χ0) is 7.56. The Morgan fingerprint density at radius 3 is 2.90 bits per heavy atom. The van der Waals surface area contributed by atoms with Crippen molar-refractivity contribution >= 4 is 15.1 Å². The van der Waals surface area contributed by atoms with E-state index in [1.165, 1.54) is 10.9 Å². The van der Waals surface area contributed by atoms with Crippen LogP contribution in [0.5, 0.6) is 0 Å².